The average molecular weight is 1830 g/mol. The van der Waals surface area contributed by atoms with Crippen molar-refractivity contribution >= 4 is 159 Å². The number of carbonyl (C=O) groups excluding carboxylic acids is 15. The number of rotatable bonds is 21. The average Bonchev–Trinajstić information content (AvgIpc) is 0.820. The lowest BCUT2D eigenvalue weighted by atomic mass is 9.85. The molecule has 0 aromatic heterocycles. The van der Waals surface area contributed by atoms with Crippen molar-refractivity contribution in [3.8, 4) is 5.75 Å². The van der Waals surface area contributed by atoms with Crippen molar-refractivity contribution in [3.05, 3.63) is 149 Å². The molecular formula is C85H108N16O24S3. The van der Waals surface area contributed by atoms with Crippen LogP contribution in [0, 0.1) is 5.41 Å². The third-order valence-corrected chi connectivity index (χ3v) is 23.7. The Hall–Kier alpha value is -12.9. The predicted octanol–water partition coefficient (Wildman–Crippen LogP) is -1.59. The number of carboxylic acid groups (broad SMARTS) is 4. The van der Waals surface area contributed by atoms with Crippen molar-refractivity contribution in [2.75, 3.05) is 24.3 Å². The summed E-state index contributed by atoms with van der Waals surface area (Å²) in [6, 6.07) is 5.99. The molecule has 14 atom stereocenters. The molecular weight excluding hydrogens is 1730 g/mol. The van der Waals surface area contributed by atoms with Crippen LogP contribution in [-0.4, -0.2) is 247 Å². The van der Waals surface area contributed by atoms with Gasteiger partial charge in [-0.15, -0.1) is 0 Å². The molecule has 690 valence electrons. The molecule has 0 saturated carbocycles. The van der Waals surface area contributed by atoms with Gasteiger partial charge in [-0.25, -0.2) is 0 Å². The van der Waals surface area contributed by atoms with Crippen molar-refractivity contribution in [2.45, 2.75) is 207 Å². The van der Waals surface area contributed by atoms with E-state index in [0.717, 1.165) is 23.5 Å². The number of aromatic hydroxyl groups is 1. The highest BCUT2D eigenvalue weighted by molar-refractivity contribution is 7.99. The molecule has 40 nitrogen and oxygen atoms in total. The van der Waals surface area contributed by atoms with E-state index in [1.54, 1.807) is 78.9 Å². The zero-order valence-corrected chi connectivity index (χ0v) is 73.4. The smallest absolute Gasteiger partial charge is 0.305 e. The van der Waals surface area contributed by atoms with Gasteiger partial charge in [0, 0.05) is 66.6 Å². The van der Waals surface area contributed by atoms with Gasteiger partial charge in [-0.3, -0.25) is 91.1 Å². The summed E-state index contributed by atoms with van der Waals surface area (Å²) in [4.78, 5) is 267. The third-order valence-electron chi connectivity index (χ3n) is 20.4. The fraction of sp³-hybridized carbons (Fsp3) is 0.447. The maximum atomic E-state index is 15.4. The van der Waals surface area contributed by atoms with Gasteiger partial charge in [0.05, 0.1) is 25.3 Å². The number of hydrogen-bond acceptors (Lipinski definition) is 24. The first kappa shape index (κ1) is 102. The molecule has 23 N–H and O–H groups in total. The van der Waals surface area contributed by atoms with Crippen LogP contribution in [0.25, 0.3) is 10.8 Å². The summed E-state index contributed by atoms with van der Waals surface area (Å²) in [5.74, 6) is -23.9. The highest BCUT2D eigenvalue weighted by atomic mass is 32.2. The van der Waals surface area contributed by atoms with Crippen molar-refractivity contribution in [1.29, 1.82) is 0 Å². The number of carbonyl (C=O) groups is 19. The lowest BCUT2D eigenvalue weighted by molar-refractivity contribution is -0.142. The number of phenolic OH excluding ortho intramolecular Hbond substituents is 1. The van der Waals surface area contributed by atoms with E-state index in [9.17, 15) is 97.5 Å². The molecule has 4 bridgehead atoms. The Kier molecular flexibility index (Phi) is 39.3. The number of thioether (sulfide) groups is 3. The van der Waals surface area contributed by atoms with E-state index in [4.69, 9.17) is 11.5 Å². The summed E-state index contributed by atoms with van der Waals surface area (Å²) in [5, 5.41) is 87.0. The number of fused-ring (bicyclic) bond motifs is 6. The summed E-state index contributed by atoms with van der Waals surface area (Å²) < 4.78 is 0. The van der Waals surface area contributed by atoms with Gasteiger partial charge in [-0.05, 0) is 102 Å². The van der Waals surface area contributed by atoms with Crippen LogP contribution in [0.2, 0.25) is 0 Å². The highest BCUT2D eigenvalue weighted by Crippen LogP contribution is 2.27. The van der Waals surface area contributed by atoms with Gasteiger partial charge in [0.1, 0.15) is 84.3 Å². The maximum absolute atomic E-state index is 15.4. The SMILES string of the molecule is CN[C@H]1CSCc2cc3cc(c2)CSC[C@@H](NC(=O)[C@@H](C)NC(=O)[C@H](Cc2cccc4ccccc24)NC(=O)[C@H](CCC(=O)O)NC(=O)[C@H](CC(N)=O)NC(=O)[C@@H](C)NC1=O)C(=O)N[C@@H](CCCC(=O)O)C(=O)N[C@@H](CC(=O)O)C(=O)N[C@@H](Cc1ccccc1)C(=O)N[C@@H](Cc1ccc(O)cc1)C(=O)N[C@@H](CC(=O)O)C(=O)N[C@@H](C(C)(C)C)C(=O)N[C@H](C(N)=O)CSC3. The van der Waals surface area contributed by atoms with Gasteiger partial charge >= 0.3 is 23.9 Å². The normalized spacial score (nSPS) is 24.1. The molecule has 0 unspecified atom stereocenters. The van der Waals surface area contributed by atoms with Crippen molar-refractivity contribution < 1.29 is 117 Å². The number of phenols is 1. The van der Waals surface area contributed by atoms with Crippen LogP contribution < -0.4 is 85.9 Å². The number of nitrogens with one attached hydrogen (secondary N) is 14. The van der Waals surface area contributed by atoms with Gasteiger partial charge in [0.25, 0.3) is 0 Å². The number of aliphatic carboxylic acids is 4. The van der Waals surface area contributed by atoms with Crippen molar-refractivity contribution in [3.63, 3.8) is 0 Å². The number of nitrogens with two attached hydrogens (primary N) is 2. The summed E-state index contributed by atoms with van der Waals surface area (Å²) in [6.07, 6.45) is -7.59. The molecule has 0 fully saturated rings. The first-order chi connectivity index (χ1) is 60.5. The highest BCUT2D eigenvalue weighted by Gasteiger charge is 2.41. The van der Waals surface area contributed by atoms with E-state index >= 15 is 19.2 Å². The van der Waals surface area contributed by atoms with Crippen molar-refractivity contribution in [2.24, 2.45) is 16.9 Å². The zero-order valence-electron chi connectivity index (χ0n) is 70.9. The molecule has 128 heavy (non-hydrogen) atoms. The first-order valence-electron chi connectivity index (χ1n) is 40.7. The second kappa shape index (κ2) is 49.3. The molecule has 0 radical (unpaired) electrons. The molecule has 43 heteroatoms. The predicted molar refractivity (Wildman–Crippen MR) is 469 cm³/mol. The van der Waals surface area contributed by atoms with E-state index in [2.05, 4.69) is 74.4 Å². The van der Waals surface area contributed by atoms with Crippen LogP contribution in [0.4, 0.5) is 0 Å². The van der Waals surface area contributed by atoms with E-state index in [0.29, 0.717) is 38.6 Å². The maximum Gasteiger partial charge on any atom is 0.305 e. The zero-order chi connectivity index (χ0) is 94.2. The molecule has 0 aliphatic carbocycles. The molecule has 7 rings (SSSR count). The summed E-state index contributed by atoms with van der Waals surface area (Å²) in [6.45, 7) is 7.04. The fourth-order valence-corrected chi connectivity index (χ4v) is 16.6. The minimum atomic E-state index is -2.17. The molecule has 0 spiro atoms. The van der Waals surface area contributed by atoms with Crippen LogP contribution in [0.15, 0.2) is 115 Å². The fourth-order valence-electron chi connectivity index (χ4n) is 13.6. The van der Waals surface area contributed by atoms with Gasteiger partial charge in [-0.2, -0.15) is 35.3 Å². The van der Waals surface area contributed by atoms with Crippen LogP contribution in [0.5, 0.6) is 5.75 Å². The van der Waals surface area contributed by atoms with E-state index < -0.39 is 266 Å². The van der Waals surface area contributed by atoms with E-state index in [-0.39, 0.29) is 52.9 Å². The first-order valence-corrected chi connectivity index (χ1v) is 44.2. The molecule has 0 saturated heterocycles. The molecule has 5 aromatic rings. The lowest BCUT2D eigenvalue weighted by Crippen LogP contribution is -2.62. The molecule has 15 amide bonds. The van der Waals surface area contributed by atoms with E-state index in [1.165, 1.54) is 89.8 Å². The number of primary amides is 2. The Morgan fingerprint density at radius 3 is 1.35 bits per heavy atom. The number of carboxylic acids is 4. The van der Waals surface area contributed by atoms with Gasteiger partial charge in [0.2, 0.25) is 88.6 Å². The topological polar surface area (TPSA) is 646 Å². The Labute approximate surface area is 748 Å². The minimum absolute atomic E-state index is 0.00818. The second-order valence-electron chi connectivity index (χ2n) is 31.8. The quantitative estimate of drug-likeness (QED) is 0.0394. The summed E-state index contributed by atoms with van der Waals surface area (Å²) in [5.41, 5.74) is 13.0. The molecule has 2 aliphatic rings. The molecule has 2 heterocycles. The number of amides is 15. The summed E-state index contributed by atoms with van der Waals surface area (Å²) in [7, 11) is 1.46. The second-order valence-corrected chi connectivity index (χ2v) is 34.9. The molecule has 2 aliphatic heterocycles. The largest absolute Gasteiger partial charge is 0.508 e. The monoisotopic (exact) mass is 1830 g/mol. The minimum Gasteiger partial charge on any atom is -0.508 e. The Bertz CT molecular complexity index is 4900. The van der Waals surface area contributed by atoms with E-state index in [1.807, 2.05) is 0 Å². The Morgan fingerprint density at radius 2 is 0.828 bits per heavy atom. The van der Waals surface area contributed by atoms with Crippen molar-refractivity contribution in [1.82, 2.24) is 74.4 Å². The van der Waals surface area contributed by atoms with Crippen LogP contribution in [0.1, 0.15) is 119 Å². The van der Waals surface area contributed by atoms with Crippen LogP contribution >= 0.6 is 35.3 Å². The Morgan fingerprint density at radius 1 is 0.406 bits per heavy atom. The molecule has 5 aromatic carbocycles. The van der Waals surface area contributed by atoms with Crippen LogP contribution in [0.3, 0.4) is 0 Å². The van der Waals surface area contributed by atoms with Gasteiger partial charge in [0.15, 0.2) is 0 Å². The standard InChI is InChI=1S/C85H108N16O24S3/c1-43-72(113)93-59(34-65(86)103)79(120)92-55(26-27-67(106)107)75(116)96-58(33-51-18-12-17-50-16-10-11-19-53(50)51)76(117)89-44(2)73(114)100-64-42-128-39-49-29-47(28-48(30-49)38-127-41-63(88-6)82(123)90-43)37-126-40-62(71(87)112)99-84(125)70(85(3,4)5)101-81(122)61(36-69(110)111)98-78(119)57(32-46-22-24-52(102)25-23-46)94-77(118)56(31-45-14-8-7-9-15-45)95-80(121)60(35-68(108)109)97-74(115)54(91-83(64)124)20-13-21-66(104)105/h7-12,14-19,22-25,28-30,43-44,54-64,70,88,102H,13,20-21,26-27,31-42H2,1-6H3,(H2,86,103)(H2,87,112)(H,89,117)(H,90,123)(H,91,124)(H,92,120)(H,93,113)(H,94,118)(H,95,121)(H,96,116)(H,97,115)(H,98,119)(H,99,125)(H,100,114)(H,101,122)(H,104,105)(H,106,107)(H,108,109)(H,110,111)/t43-,44-,54+,55+,56+,57+,58+,59+,60+,61+,62+,63+,64-,70-/m1/s1. The number of likely N-dealkylation sites (N-methyl/N-ethyl adjacent to an activating group) is 1. The van der Waals surface area contributed by atoms with Gasteiger partial charge < -0.3 is 111 Å². The lowest BCUT2D eigenvalue weighted by Gasteiger charge is -2.33. The summed E-state index contributed by atoms with van der Waals surface area (Å²) >= 11 is 3.34. The Balaban J connectivity index is 1.38. The number of benzene rings is 5. The van der Waals surface area contributed by atoms with Gasteiger partial charge in [-0.1, -0.05) is 124 Å². The number of hydrogen-bond donors (Lipinski definition) is 21. The van der Waals surface area contributed by atoms with Crippen LogP contribution in [-0.2, 0) is 128 Å². The third kappa shape index (κ3) is 33.1.